The topological polar surface area (TPSA) is 156 Å². The molecule has 0 unspecified atom stereocenters. The van der Waals surface area contributed by atoms with E-state index in [1.807, 2.05) is 6.92 Å². The van der Waals surface area contributed by atoms with E-state index in [1.54, 1.807) is 20.8 Å². The summed E-state index contributed by atoms with van der Waals surface area (Å²) in [5.74, 6) is -0.100. The molecular formula is C15H35BrO11S3. The van der Waals surface area contributed by atoms with Crippen LogP contribution in [0.1, 0.15) is 40.5 Å². The lowest BCUT2D eigenvalue weighted by molar-refractivity contribution is -0.143. The van der Waals surface area contributed by atoms with E-state index in [0.29, 0.717) is 13.0 Å². The van der Waals surface area contributed by atoms with Gasteiger partial charge in [0.15, 0.2) is 0 Å². The van der Waals surface area contributed by atoms with Gasteiger partial charge in [0, 0.05) is 11.8 Å². The first-order chi connectivity index (χ1) is 13.3. The monoisotopic (exact) mass is 566 g/mol. The van der Waals surface area contributed by atoms with Gasteiger partial charge in [-0.3, -0.25) is 17.3 Å². The van der Waals surface area contributed by atoms with Crippen LogP contribution in [0.25, 0.3) is 0 Å². The maximum Gasteiger partial charge on any atom is 0.305 e. The molecule has 0 heterocycles. The lowest BCUT2D eigenvalue weighted by Gasteiger charge is -2.01. The summed E-state index contributed by atoms with van der Waals surface area (Å²) in [6, 6.07) is 0. The minimum absolute atomic E-state index is 0.100. The van der Waals surface area contributed by atoms with E-state index in [2.05, 4.69) is 33.2 Å². The zero-order valence-electron chi connectivity index (χ0n) is 18.7. The van der Waals surface area contributed by atoms with E-state index in [-0.39, 0.29) is 18.7 Å². The lowest BCUT2D eigenvalue weighted by Crippen LogP contribution is -2.09. The van der Waals surface area contributed by atoms with Gasteiger partial charge < -0.3 is 4.74 Å². The first kappa shape index (κ1) is 37.0. The summed E-state index contributed by atoms with van der Waals surface area (Å²) in [5, 5.41) is 0.867. The zero-order chi connectivity index (χ0) is 25.0. The average Bonchev–Trinajstić information content (AvgIpc) is 2.51. The van der Waals surface area contributed by atoms with Gasteiger partial charge in [0.05, 0.1) is 45.2 Å². The number of rotatable bonds is 9. The Hall–Kier alpha value is -0.320. The fourth-order valence-electron chi connectivity index (χ4n) is 1.01. The van der Waals surface area contributed by atoms with Crippen molar-refractivity contribution in [2.75, 3.05) is 44.4 Å². The molecule has 0 aliphatic carbocycles. The summed E-state index contributed by atoms with van der Waals surface area (Å²) in [7, 11) is -8.44. The highest BCUT2D eigenvalue weighted by molar-refractivity contribution is 9.09. The SMILES string of the molecule is CC(C)OS(C)(=O)=O.CCOC(=O)CCCBr.CCOS(C)(=O)=O.COS(C)(=O)=O. The number of halogens is 1. The molecule has 186 valence electrons. The van der Waals surface area contributed by atoms with Crippen molar-refractivity contribution in [2.45, 2.75) is 46.6 Å². The third-order valence-corrected chi connectivity index (χ3v) is 4.39. The summed E-state index contributed by atoms with van der Waals surface area (Å²) in [4.78, 5) is 10.6. The minimum Gasteiger partial charge on any atom is -0.466 e. The van der Waals surface area contributed by atoms with E-state index in [0.717, 1.165) is 37.6 Å². The van der Waals surface area contributed by atoms with Crippen LogP contribution in [0.5, 0.6) is 0 Å². The fourth-order valence-corrected chi connectivity index (χ4v) is 2.42. The van der Waals surface area contributed by atoms with Crippen LogP contribution in [-0.4, -0.2) is 81.7 Å². The summed E-state index contributed by atoms with van der Waals surface area (Å²) < 4.78 is 77.2. The molecule has 0 saturated carbocycles. The number of ether oxygens (including phenoxy) is 1. The average molecular weight is 568 g/mol. The summed E-state index contributed by atoms with van der Waals surface area (Å²) >= 11 is 3.22. The molecule has 30 heavy (non-hydrogen) atoms. The Morgan fingerprint density at radius 2 is 1.30 bits per heavy atom. The van der Waals surface area contributed by atoms with Gasteiger partial charge in [-0.2, -0.15) is 25.3 Å². The van der Waals surface area contributed by atoms with Crippen molar-refractivity contribution in [3.63, 3.8) is 0 Å². The first-order valence-electron chi connectivity index (χ1n) is 8.54. The highest BCUT2D eigenvalue weighted by Gasteiger charge is 2.02. The molecule has 0 spiro atoms. The maximum absolute atomic E-state index is 10.6. The molecule has 15 heteroatoms. The molecule has 0 amide bonds. The van der Waals surface area contributed by atoms with Crippen LogP contribution in [0.15, 0.2) is 0 Å². The highest BCUT2D eigenvalue weighted by Crippen LogP contribution is 1.95. The summed E-state index contributed by atoms with van der Waals surface area (Å²) in [6.07, 6.45) is 4.19. The Morgan fingerprint density at radius 3 is 1.43 bits per heavy atom. The van der Waals surface area contributed by atoms with Crippen molar-refractivity contribution in [1.82, 2.24) is 0 Å². The Morgan fingerprint density at radius 1 is 0.867 bits per heavy atom. The molecule has 0 atom stereocenters. The van der Waals surface area contributed by atoms with Crippen LogP contribution in [-0.2, 0) is 52.4 Å². The van der Waals surface area contributed by atoms with E-state index >= 15 is 0 Å². The number of hydrogen-bond donors (Lipinski definition) is 0. The zero-order valence-corrected chi connectivity index (χ0v) is 22.7. The van der Waals surface area contributed by atoms with Crippen LogP contribution in [0.4, 0.5) is 0 Å². The maximum atomic E-state index is 10.6. The van der Waals surface area contributed by atoms with Gasteiger partial charge in [-0.25, -0.2) is 0 Å². The van der Waals surface area contributed by atoms with Crippen molar-refractivity contribution < 1.29 is 47.3 Å². The third-order valence-electron chi connectivity index (χ3n) is 1.82. The quantitative estimate of drug-likeness (QED) is 0.227. The van der Waals surface area contributed by atoms with Crippen molar-refractivity contribution in [2.24, 2.45) is 0 Å². The lowest BCUT2D eigenvalue weighted by atomic mass is 10.3. The molecular weight excluding hydrogens is 532 g/mol. The second kappa shape index (κ2) is 20.6. The van der Waals surface area contributed by atoms with Crippen LogP contribution in [0.2, 0.25) is 0 Å². The van der Waals surface area contributed by atoms with Crippen molar-refractivity contribution in [1.29, 1.82) is 0 Å². The number of esters is 1. The van der Waals surface area contributed by atoms with Crippen LogP contribution < -0.4 is 0 Å². The highest BCUT2D eigenvalue weighted by atomic mass is 79.9. The molecule has 0 fully saturated rings. The normalized spacial score (nSPS) is 11.1. The Balaban J connectivity index is -0.000000152. The molecule has 0 aliphatic rings. The van der Waals surface area contributed by atoms with E-state index in [1.165, 1.54) is 0 Å². The molecule has 0 bridgehead atoms. The number of hydrogen-bond acceptors (Lipinski definition) is 11. The molecule has 0 aliphatic heterocycles. The summed E-state index contributed by atoms with van der Waals surface area (Å²) in [5.41, 5.74) is 0. The molecule has 0 radical (unpaired) electrons. The van der Waals surface area contributed by atoms with Crippen molar-refractivity contribution in [3.8, 4) is 0 Å². The smallest absolute Gasteiger partial charge is 0.305 e. The van der Waals surface area contributed by atoms with Crippen molar-refractivity contribution >= 4 is 52.3 Å². The predicted molar refractivity (Wildman–Crippen MR) is 119 cm³/mol. The van der Waals surface area contributed by atoms with Crippen molar-refractivity contribution in [3.05, 3.63) is 0 Å². The number of carbonyl (C=O) groups is 1. The molecule has 0 aromatic carbocycles. The Bertz CT molecular complexity index is 715. The van der Waals surface area contributed by atoms with E-state index in [4.69, 9.17) is 0 Å². The van der Waals surface area contributed by atoms with Gasteiger partial charge in [0.2, 0.25) is 0 Å². The molecule has 0 aromatic rings. The fraction of sp³-hybridized carbons (Fsp3) is 0.933. The van der Waals surface area contributed by atoms with Crippen LogP contribution in [0, 0.1) is 0 Å². The Kier molecular flexibility index (Phi) is 25.4. The first-order valence-corrected chi connectivity index (χ1v) is 15.1. The Labute approximate surface area is 190 Å². The largest absolute Gasteiger partial charge is 0.466 e. The van der Waals surface area contributed by atoms with Gasteiger partial charge in [-0.05, 0) is 34.1 Å². The van der Waals surface area contributed by atoms with E-state index < -0.39 is 30.4 Å². The van der Waals surface area contributed by atoms with Gasteiger partial charge in [0.25, 0.3) is 30.4 Å². The molecule has 0 saturated heterocycles. The van der Waals surface area contributed by atoms with Gasteiger partial charge in [-0.1, -0.05) is 15.9 Å². The van der Waals surface area contributed by atoms with Crippen LogP contribution in [0.3, 0.4) is 0 Å². The second-order valence-corrected chi connectivity index (χ2v) is 11.2. The van der Waals surface area contributed by atoms with Gasteiger partial charge >= 0.3 is 5.97 Å². The van der Waals surface area contributed by atoms with Crippen LogP contribution >= 0.6 is 15.9 Å². The summed E-state index contributed by atoms with van der Waals surface area (Å²) in [6.45, 7) is 7.48. The molecule has 0 N–H and O–H groups in total. The van der Waals surface area contributed by atoms with Gasteiger partial charge in [0.1, 0.15) is 0 Å². The minimum atomic E-state index is -3.22. The molecule has 0 aromatic heterocycles. The number of alkyl halides is 1. The number of carbonyl (C=O) groups excluding carboxylic acids is 1. The van der Waals surface area contributed by atoms with E-state index in [9.17, 15) is 30.0 Å². The predicted octanol–water partition coefficient (Wildman–Crippen LogP) is 1.67. The van der Waals surface area contributed by atoms with Gasteiger partial charge in [-0.15, -0.1) is 0 Å². The standard InChI is InChI=1S/C6H11BrO2.C4H10O3S.C3H8O3S.C2H6O3S/c1-2-9-6(8)4-3-5-7;1-4(2)7-8(3,5)6;1-3-6-7(2,4)5;1-5-6(2,3)4/h2-5H2,1H3;4H,1-3H3;3H2,1-2H3;1-2H3. The molecule has 0 rings (SSSR count). The second-order valence-electron chi connectivity index (χ2n) is 5.43. The third kappa shape index (κ3) is 56.5. The molecule has 11 nitrogen and oxygen atoms in total.